The van der Waals surface area contributed by atoms with Gasteiger partial charge >= 0.3 is 0 Å². The van der Waals surface area contributed by atoms with Gasteiger partial charge < -0.3 is 14.4 Å². The minimum Gasteiger partial charge on any atom is -0.484 e. The Labute approximate surface area is 212 Å². The van der Waals surface area contributed by atoms with Crippen LogP contribution in [0.1, 0.15) is 0 Å². The Morgan fingerprint density at radius 2 is 1.60 bits per heavy atom. The van der Waals surface area contributed by atoms with Gasteiger partial charge in [-0.2, -0.15) is 4.99 Å². The molecule has 1 amide bonds. The van der Waals surface area contributed by atoms with Crippen molar-refractivity contribution in [3.8, 4) is 17.2 Å². The van der Waals surface area contributed by atoms with Crippen molar-refractivity contribution >= 4 is 50.0 Å². The Balaban J connectivity index is 1.35. The highest BCUT2D eigenvalue weighted by Gasteiger charge is 2.49. The summed E-state index contributed by atoms with van der Waals surface area (Å²) in [6, 6.07) is 23.1. The average molecular weight is 529 g/mol. The molecule has 180 valence electrons. The van der Waals surface area contributed by atoms with Crippen LogP contribution in [-0.4, -0.2) is 48.9 Å². The van der Waals surface area contributed by atoms with Crippen molar-refractivity contribution in [2.24, 2.45) is 4.99 Å². The van der Waals surface area contributed by atoms with Crippen molar-refractivity contribution in [2.45, 2.75) is 11.3 Å². The molecule has 7 nitrogen and oxygen atoms in total. The number of thioether (sulfide) groups is 1. The molecule has 2 saturated heterocycles. The molecule has 3 aromatic carbocycles. The molecule has 0 unspecified atom stereocenters. The molecule has 0 radical (unpaired) electrons. The maximum atomic E-state index is 12.6. The summed E-state index contributed by atoms with van der Waals surface area (Å²) in [5.74, 6) is 1.49. The first-order chi connectivity index (χ1) is 16.9. The van der Waals surface area contributed by atoms with E-state index in [2.05, 4.69) is 4.99 Å². The number of carbonyl (C=O) groups excluding carboxylic acids is 1. The van der Waals surface area contributed by atoms with E-state index in [4.69, 9.17) is 21.1 Å². The summed E-state index contributed by atoms with van der Waals surface area (Å²) in [4.78, 5) is 18.7. The molecule has 2 atom stereocenters. The van der Waals surface area contributed by atoms with Crippen molar-refractivity contribution in [1.29, 1.82) is 0 Å². The molecule has 0 saturated carbocycles. The predicted octanol–water partition coefficient (Wildman–Crippen LogP) is 4.81. The van der Waals surface area contributed by atoms with E-state index in [0.717, 1.165) is 5.69 Å². The monoisotopic (exact) mass is 528 g/mol. The zero-order valence-electron chi connectivity index (χ0n) is 18.4. The molecule has 0 spiro atoms. The number of hydrogen-bond donors (Lipinski definition) is 0. The first-order valence-electron chi connectivity index (χ1n) is 10.9. The third-order valence-corrected chi connectivity index (χ3v) is 9.02. The normalized spacial score (nSPS) is 21.6. The summed E-state index contributed by atoms with van der Waals surface area (Å²) >= 11 is 7.19. The van der Waals surface area contributed by atoms with Crippen LogP contribution < -0.4 is 14.4 Å². The van der Waals surface area contributed by atoms with Gasteiger partial charge in [-0.3, -0.25) is 4.79 Å². The number of halogens is 1. The van der Waals surface area contributed by atoms with Crippen LogP contribution >= 0.6 is 23.4 Å². The maximum Gasteiger partial charge on any atom is 0.285 e. The van der Waals surface area contributed by atoms with E-state index in [1.165, 1.54) is 11.8 Å². The topological polar surface area (TPSA) is 85.3 Å². The van der Waals surface area contributed by atoms with E-state index in [9.17, 15) is 13.2 Å². The molecule has 10 heteroatoms. The van der Waals surface area contributed by atoms with E-state index >= 15 is 0 Å². The SMILES string of the molecule is O=C(COc1ccc(Cl)cc1)N=C1S[C@H]2CS(=O)(=O)C[C@@H]2N1c1ccc(Oc2ccccc2)cc1. The molecule has 0 aromatic heterocycles. The molecule has 2 aliphatic rings. The van der Waals surface area contributed by atoms with Crippen LogP contribution in [0.15, 0.2) is 83.9 Å². The van der Waals surface area contributed by atoms with Crippen LogP contribution in [0.5, 0.6) is 17.2 Å². The molecular weight excluding hydrogens is 508 g/mol. The Hall–Kier alpha value is -3.01. The van der Waals surface area contributed by atoms with E-state index in [1.54, 1.807) is 24.3 Å². The summed E-state index contributed by atoms with van der Waals surface area (Å²) in [5.41, 5.74) is 0.743. The Morgan fingerprint density at radius 1 is 0.943 bits per heavy atom. The van der Waals surface area contributed by atoms with Gasteiger partial charge in [-0.15, -0.1) is 0 Å². The summed E-state index contributed by atoms with van der Waals surface area (Å²) in [6.45, 7) is -0.239. The van der Waals surface area contributed by atoms with E-state index in [-0.39, 0.29) is 29.4 Å². The van der Waals surface area contributed by atoms with Gasteiger partial charge in [-0.25, -0.2) is 8.42 Å². The second-order valence-electron chi connectivity index (χ2n) is 8.11. The number of hydrogen-bond acceptors (Lipinski definition) is 6. The molecular formula is C25H21ClN2O5S2. The van der Waals surface area contributed by atoms with Gasteiger partial charge in [0.25, 0.3) is 5.91 Å². The summed E-state index contributed by atoms with van der Waals surface area (Å²) in [5, 5.41) is 0.851. The average Bonchev–Trinajstić information content (AvgIpc) is 3.30. The summed E-state index contributed by atoms with van der Waals surface area (Å²) in [6.07, 6.45) is 0. The molecule has 35 heavy (non-hydrogen) atoms. The van der Waals surface area contributed by atoms with Crippen molar-refractivity contribution < 1.29 is 22.7 Å². The fourth-order valence-electron chi connectivity index (χ4n) is 3.98. The Bertz CT molecular complexity index is 1350. The number of anilines is 1. The summed E-state index contributed by atoms with van der Waals surface area (Å²) < 4.78 is 36.0. The largest absolute Gasteiger partial charge is 0.484 e. The minimum atomic E-state index is -3.16. The van der Waals surface area contributed by atoms with Gasteiger partial charge in [0, 0.05) is 16.0 Å². The van der Waals surface area contributed by atoms with Gasteiger partial charge in [0.1, 0.15) is 17.2 Å². The highest BCUT2D eigenvalue weighted by molar-refractivity contribution is 8.16. The number of aliphatic imine (C=N–C) groups is 1. The van der Waals surface area contributed by atoms with Gasteiger partial charge in [-0.05, 0) is 60.7 Å². The third-order valence-electron chi connectivity index (χ3n) is 5.56. The number of rotatable bonds is 6. The van der Waals surface area contributed by atoms with Crippen LogP contribution in [-0.2, 0) is 14.6 Å². The number of sulfone groups is 1. The lowest BCUT2D eigenvalue weighted by atomic mass is 10.2. The first kappa shape index (κ1) is 23.7. The van der Waals surface area contributed by atoms with Gasteiger partial charge in [0.05, 0.1) is 17.5 Å². The molecule has 0 bridgehead atoms. The lowest BCUT2D eigenvalue weighted by molar-refractivity contribution is -0.119. The number of amidine groups is 1. The molecule has 5 rings (SSSR count). The second-order valence-corrected chi connectivity index (χ2v) is 11.9. The van der Waals surface area contributed by atoms with E-state index in [1.807, 2.05) is 59.5 Å². The minimum absolute atomic E-state index is 0.0153. The smallest absolute Gasteiger partial charge is 0.285 e. The van der Waals surface area contributed by atoms with Crippen molar-refractivity contribution in [3.05, 3.63) is 83.9 Å². The predicted molar refractivity (Wildman–Crippen MR) is 139 cm³/mol. The lowest BCUT2D eigenvalue weighted by Gasteiger charge is -2.24. The van der Waals surface area contributed by atoms with Crippen LogP contribution in [0.25, 0.3) is 0 Å². The number of benzene rings is 3. The fourth-order valence-corrected chi connectivity index (χ4v) is 8.04. The number of para-hydroxylation sites is 1. The van der Waals surface area contributed by atoms with Crippen molar-refractivity contribution in [2.75, 3.05) is 23.0 Å². The highest BCUT2D eigenvalue weighted by Crippen LogP contribution is 2.41. The zero-order valence-corrected chi connectivity index (χ0v) is 20.8. The number of fused-ring (bicyclic) bond motifs is 1. The zero-order chi connectivity index (χ0) is 24.4. The fraction of sp³-hybridized carbons (Fsp3) is 0.200. The number of nitrogens with zero attached hydrogens (tertiary/aromatic N) is 2. The first-order valence-corrected chi connectivity index (χ1v) is 13.9. The Kier molecular flexibility index (Phi) is 6.73. The maximum absolute atomic E-state index is 12.6. The Morgan fingerprint density at radius 3 is 2.31 bits per heavy atom. The summed E-state index contributed by atoms with van der Waals surface area (Å²) in [7, 11) is -3.16. The van der Waals surface area contributed by atoms with E-state index < -0.39 is 15.7 Å². The second kappa shape index (κ2) is 9.93. The molecule has 2 aliphatic heterocycles. The molecule has 0 N–H and O–H groups in total. The van der Waals surface area contributed by atoms with Gasteiger partial charge in [0.2, 0.25) is 0 Å². The highest BCUT2D eigenvalue weighted by atomic mass is 35.5. The molecule has 0 aliphatic carbocycles. The van der Waals surface area contributed by atoms with Gasteiger partial charge in [-0.1, -0.05) is 41.6 Å². The number of ether oxygens (including phenoxy) is 2. The quantitative estimate of drug-likeness (QED) is 0.453. The van der Waals surface area contributed by atoms with E-state index in [0.29, 0.717) is 27.4 Å². The van der Waals surface area contributed by atoms with Crippen molar-refractivity contribution in [3.63, 3.8) is 0 Å². The van der Waals surface area contributed by atoms with Gasteiger partial charge in [0.15, 0.2) is 21.6 Å². The molecule has 3 aromatic rings. The number of amides is 1. The standard InChI is InChI=1S/C25H21ClN2O5S2/c26-17-6-10-19(11-7-17)32-14-24(29)27-25-28(22-15-35(30,31)16-23(22)34-25)18-8-12-21(13-9-18)33-20-4-2-1-3-5-20/h1-13,22-23H,14-16H2/t22-,23-/m0/s1. The van der Waals surface area contributed by atoms with Crippen LogP contribution in [0.3, 0.4) is 0 Å². The number of carbonyl (C=O) groups is 1. The third kappa shape index (κ3) is 5.63. The van der Waals surface area contributed by atoms with Crippen LogP contribution in [0, 0.1) is 0 Å². The molecule has 2 fully saturated rings. The lowest BCUT2D eigenvalue weighted by Crippen LogP contribution is -2.37. The van der Waals surface area contributed by atoms with Crippen molar-refractivity contribution in [1.82, 2.24) is 0 Å². The molecule has 2 heterocycles. The van der Waals surface area contributed by atoms with Crippen LogP contribution in [0.4, 0.5) is 5.69 Å². The van der Waals surface area contributed by atoms with Crippen LogP contribution in [0.2, 0.25) is 5.02 Å².